The van der Waals surface area contributed by atoms with Crippen LogP contribution in [0.2, 0.25) is 0 Å². The van der Waals surface area contributed by atoms with Crippen LogP contribution in [0.3, 0.4) is 0 Å². The molecule has 0 saturated carbocycles. The number of aryl methyl sites for hydroxylation is 2. The van der Waals surface area contributed by atoms with E-state index in [1.807, 2.05) is 38.1 Å². The van der Waals surface area contributed by atoms with Gasteiger partial charge in [0.1, 0.15) is 11.5 Å². The van der Waals surface area contributed by atoms with Crippen molar-refractivity contribution in [1.82, 2.24) is 4.98 Å². The first-order chi connectivity index (χ1) is 7.66. The van der Waals surface area contributed by atoms with Gasteiger partial charge in [0.2, 0.25) is 0 Å². The number of hydrogen-bond donors (Lipinski definition) is 0. The van der Waals surface area contributed by atoms with Crippen molar-refractivity contribution in [3.05, 3.63) is 52.3 Å². The van der Waals surface area contributed by atoms with E-state index in [0.29, 0.717) is 0 Å². The maximum atomic E-state index is 5.83. The van der Waals surface area contributed by atoms with Crippen molar-refractivity contribution in [2.75, 3.05) is 0 Å². The first kappa shape index (κ1) is 11.1. The van der Waals surface area contributed by atoms with Crippen molar-refractivity contribution in [2.24, 2.45) is 0 Å². The van der Waals surface area contributed by atoms with Gasteiger partial charge < -0.3 is 4.74 Å². The number of halogens is 1. The van der Waals surface area contributed by atoms with Crippen LogP contribution in [-0.4, -0.2) is 4.98 Å². The lowest BCUT2D eigenvalue weighted by molar-refractivity contribution is 0.474. The summed E-state index contributed by atoms with van der Waals surface area (Å²) in [5.74, 6) is 1.72. The van der Waals surface area contributed by atoms with E-state index in [9.17, 15) is 0 Å². The summed E-state index contributed by atoms with van der Waals surface area (Å²) in [6, 6.07) is 7.79. The molecule has 2 aromatic rings. The Bertz CT molecular complexity index is 474. The molecular weight excluding hydrogens is 266 g/mol. The number of nitrogens with zero attached hydrogens (tertiary/aromatic N) is 1. The highest BCUT2D eigenvalue weighted by Gasteiger charge is 2.06. The number of ether oxygens (including phenoxy) is 1. The van der Waals surface area contributed by atoms with Crippen molar-refractivity contribution in [3.63, 3.8) is 0 Å². The lowest BCUT2D eigenvalue weighted by Crippen LogP contribution is -1.91. The van der Waals surface area contributed by atoms with Crippen molar-refractivity contribution < 1.29 is 4.74 Å². The number of pyridine rings is 1. The molecule has 82 valence electrons. The van der Waals surface area contributed by atoms with E-state index in [-0.39, 0.29) is 0 Å². The Kier molecular flexibility index (Phi) is 3.25. The zero-order chi connectivity index (χ0) is 11.5. The summed E-state index contributed by atoms with van der Waals surface area (Å²) < 4.78 is 6.91. The minimum absolute atomic E-state index is 0.809. The molecule has 0 aliphatic heterocycles. The Morgan fingerprint density at radius 2 is 1.62 bits per heavy atom. The third-order valence-electron chi connectivity index (χ3n) is 2.29. The highest BCUT2D eigenvalue weighted by molar-refractivity contribution is 9.10. The molecule has 0 spiro atoms. The SMILES string of the molecule is Cc1cc(Br)cc(C)c1Oc1ccncc1. The summed E-state index contributed by atoms with van der Waals surface area (Å²) in [7, 11) is 0. The first-order valence-electron chi connectivity index (χ1n) is 5.01. The second kappa shape index (κ2) is 4.66. The van der Waals surface area contributed by atoms with E-state index in [4.69, 9.17) is 4.74 Å². The molecule has 3 heteroatoms. The maximum Gasteiger partial charge on any atom is 0.133 e. The predicted molar refractivity (Wildman–Crippen MR) is 67.9 cm³/mol. The summed E-state index contributed by atoms with van der Waals surface area (Å²) in [6.45, 7) is 4.07. The minimum atomic E-state index is 0.809. The van der Waals surface area contributed by atoms with E-state index in [1.165, 1.54) is 0 Å². The van der Waals surface area contributed by atoms with Crippen molar-refractivity contribution >= 4 is 15.9 Å². The van der Waals surface area contributed by atoms with Gasteiger partial charge in [0.25, 0.3) is 0 Å². The summed E-state index contributed by atoms with van der Waals surface area (Å²) >= 11 is 3.47. The fraction of sp³-hybridized carbons (Fsp3) is 0.154. The van der Waals surface area contributed by atoms with E-state index in [1.54, 1.807) is 12.4 Å². The molecule has 0 saturated heterocycles. The Labute approximate surface area is 103 Å². The first-order valence-corrected chi connectivity index (χ1v) is 5.81. The molecule has 0 N–H and O–H groups in total. The molecule has 0 atom stereocenters. The van der Waals surface area contributed by atoms with Gasteiger partial charge >= 0.3 is 0 Å². The smallest absolute Gasteiger partial charge is 0.133 e. The van der Waals surface area contributed by atoms with Gasteiger partial charge in [-0.25, -0.2) is 0 Å². The fourth-order valence-corrected chi connectivity index (χ4v) is 2.27. The van der Waals surface area contributed by atoms with Gasteiger partial charge in [0.15, 0.2) is 0 Å². The second-order valence-electron chi connectivity index (χ2n) is 3.65. The highest BCUT2D eigenvalue weighted by atomic mass is 79.9. The molecule has 0 aliphatic rings. The van der Waals surface area contributed by atoms with Gasteiger partial charge in [-0.3, -0.25) is 4.98 Å². The van der Waals surface area contributed by atoms with Gasteiger partial charge in [-0.1, -0.05) is 15.9 Å². The van der Waals surface area contributed by atoms with Crippen LogP contribution < -0.4 is 4.74 Å². The topological polar surface area (TPSA) is 22.1 Å². The molecular formula is C13H12BrNO. The normalized spacial score (nSPS) is 10.2. The minimum Gasteiger partial charge on any atom is -0.457 e. The Morgan fingerprint density at radius 1 is 1.06 bits per heavy atom. The average Bonchev–Trinajstić information content (AvgIpc) is 2.25. The van der Waals surface area contributed by atoms with Gasteiger partial charge in [-0.2, -0.15) is 0 Å². The number of hydrogen-bond acceptors (Lipinski definition) is 2. The highest BCUT2D eigenvalue weighted by Crippen LogP contribution is 2.30. The van der Waals surface area contributed by atoms with Crippen molar-refractivity contribution in [1.29, 1.82) is 0 Å². The summed E-state index contributed by atoms with van der Waals surface area (Å²) in [4.78, 5) is 3.96. The van der Waals surface area contributed by atoms with Crippen LogP contribution >= 0.6 is 15.9 Å². The number of benzene rings is 1. The summed E-state index contributed by atoms with van der Waals surface area (Å²) in [6.07, 6.45) is 3.44. The number of rotatable bonds is 2. The van der Waals surface area contributed by atoms with E-state index < -0.39 is 0 Å². The largest absolute Gasteiger partial charge is 0.457 e. The van der Waals surface area contributed by atoms with Crippen LogP contribution in [0.5, 0.6) is 11.5 Å². The molecule has 0 unspecified atom stereocenters. The molecule has 0 aliphatic carbocycles. The third kappa shape index (κ3) is 2.42. The van der Waals surface area contributed by atoms with Gasteiger partial charge in [0.05, 0.1) is 0 Å². The maximum absolute atomic E-state index is 5.83. The fourth-order valence-electron chi connectivity index (χ4n) is 1.58. The van der Waals surface area contributed by atoms with Crippen LogP contribution in [0.4, 0.5) is 0 Å². The Hall–Kier alpha value is -1.35. The van der Waals surface area contributed by atoms with Gasteiger partial charge in [-0.15, -0.1) is 0 Å². The molecule has 0 amide bonds. The molecule has 2 nitrogen and oxygen atoms in total. The molecule has 0 radical (unpaired) electrons. The molecule has 16 heavy (non-hydrogen) atoms. The van der Waals surface area contributed by atoms with Crippen LogP contribution in [0, 0.1) is 13.8 Å². The zero-order valence-electron chi connectivity index (χ0n) is 9.20. The van der Waals surface area contributed by atoms with Crippen LogP contribution in [0.15, 0.2) is 41.1 Å². The Morgan fingerprint density at radius 3 is 2.19 bits per heavy atom. The van der Waals surface area contributed by atoms with E-state index in [0.717, 1.165) is 27.1 Å². The molecule has 1 aromatic carbocycles. The summed E-state index contributed by atoms with van der Waals surface area (Å²) in [5, 5.41) is 0. The van der Waals surface area contributed by atoms with Crippen LogP contribution in [0.25, 0.3) is 0 Å². The monoisotopic (exact) mass is 277 g/mol. The van der Waals surface area contributed by atoms with Crippen molar-refractivity contribution in [3.8, 4) is 11.5 Å². The second-order valence-corrected chi connectivity index (χ2v) is 4.57. The third-order valence-corrected chi connectivity index (χ3v) is 2.75. The van der Waals surface area contributed by atoms with Gasteiger partial charge in [-0.05, 0) is 49.2 Å². The van der Waals surface area contributed by atoms with E-state index >= 15 is 0 Å². The molecule has 2 rings (SSSR count). The zero-order valence-corrected chi connectivity index (χ0v) is 10.8. The van der Waals surface area contributed by atoms with Crippen LogP contribution in [-0.2, 0) is 0 Å². The lowest BCUT2D eigenvalue weighted by Gasteiger charge is -2.11. The standard InChI is InChI=1S/C13H12BrNO/c1-9-7-11(14)8-10(2)13(9)16-12-3-5-15-6-4-12/h3-8H,1-2H3. The van der Waals surface area contributed by atoms with Crippen molar-refractivity contribution in [2.45, 2.75) is 13.8 Å². The average molecular weight is 278 g/mol. The summed E-state index contributed by atoms with van der Waals surface area (Å²) in [5.41, 5.74) is 2.23. The molecule has 1 heterocycles. The predicted octanol–water partition coefficient (Wildman–Crippen LogP) is 4.25. The quantitative estimate of drug-likeness (QED) is 0.819. The molecule has 0 fully saturated rings. The van der Waals surface area contributed by atoms with Gasteiger partial charge in [0, 0.05) is 16.9 Å². The van der Waals surface area contributed by atoms with Crippen LogP contribution in [0.1, 0.15) is 11.1 Å². The molecule has 0 bridgehead atoms. The molecule has 1 aromatic heterocycles. The number of aromatic nitrogens is 1. The lowest BCUT2D eigenvalue weighted by atomic mass is 10.1. The van der Waals surface area contributed by atoms with E-state index in [2.05, 4.69) is 20.9 Å². The Balaban J connectivity index is 2.35.